The van der Waals surface area contributed by atoms with E-state index in [2.05, 4.69) is 16.4 Å². The Morgan fingerprint density at radius 1 is 1.13 bits per heavy atom. The highest BCUT2D eigenvalue weighted by Crippen LogP contribution is 2.36. The van der Waals surface area contributed by atoms with Gasteiger partial charge in [0.15, 0.2) is 5.75 Å². The van der Waals surface area contributed by atoms with Crippen molar-refractivity contribution < 1.29 is 5.11 Å². The van der Waals surface area contributed by atoms with Gasteiger partial charge in [-0.2, -0.15) is 0 Å². The first-order valence-corrected chi connectivity index (χ1v) is 9.24. The molecule has 1 aromatic heterocycles. The Kier molecular flexibility index (Phi) is 5.10. The molecule has 0 spiro atoms. The van der Waals surface area contributed by atoms with Crippen molar-refractivity contribution in [3.8, 4) is 5.75 Å². The number of aryl methyl sites for hydroxylation is 1. The Morgan fingerprint density at radius 2 is 1.83 bits per heavy atom. The van der Waals surface area contributed by atoms with Crippen molar-refractivity contribution in [3.63, 3.8) is 0 Å². The van der Waals surface area contributed by atoms with Gasteiger partial charge in [-0.3, -0.25) is 9.69 Å². The zero-order chi connectivity index (χ0) is 16.4. The van der Waals surface area contributed by atoms with E-state index >= 15 is 0 Å². The molecular weight excluding hydrogens is 288 g/mol. The molecule has 2 aliphatic rings. The zero-order valence-electron chi connectivity index (χ0n) is 14.6. The van der Waals surface area contributed by atoms with Crippen LogP contribution in [-0.2, 0) is 6.54 Å². The van der Waals surface area contributed by atoms with Gasteiger partial charge in [0.05, 0.1) is 5.69 Å². The molecule has 0 bridgehead atoms. The maximum atomic E-state index is 12.1. The topological polar surface area (TPSA) is 45.5 Å². The molecule has 3 rings (SSSR count). The number of hydrogen-bond acceptors (Lipinski definition) is 3. The summed E-state index contributed by atoms with van der Waals surface area (Å²) < 4.78 is 2.29. The number of aromatic nitrogens is 1. The summed E-state index contributed by atoms with van der Waals surface area (Å²) in [5.41, 5.74) is 1.61. The van der Waals surface area contributed by atoms with Gasteiger partial charge in [0.1, 0.15) is 0 Å². The highest BCUT2D eigenvalue weighted by Gasteiger charge is 2.27. The second-order valence-corrected chi connectivity index (χ2v) is 7.48. The summed E-state index contributed by atoms with van der Waals surface area (Å²) in [6, 6.07) is 2.02. The molecule has 1 N–H and O–H groups in total. The predicted octanol–water partition coefficient (Wildman–Crippen LogP) is 3.60. The van der Waals surface area contributed by atoms with E-state index in [1.54, 1.807) is 6.07 Å². The lowest BCUT2D eigenvalue weighted by molar-refractivity contribution is 0.196. The zero-order valence-corrected chi connectivity index (χ0v) is 14.6. The fourth-order valence-electron chi connectivity index (χ4n) is 4.42. The van der Waals surface area contributed by atoms with Crippen LogP contribution in [0.3, 0.4) is 0 Å². The predicted molar refractivity (Wildman–Crippen MR) is 92.9 cm³/mol. The van der Waals surface area contributed by atoms with Gasteiger partial charge < -0.3 is 9.67 Å². The summed E-state index contributed by atoms with van der Waals surface area (Å²) in [4.78, 5) is 14.5. The van der Waals surface area contributed by atoms with Crippen LogP contribution >= 0.6 is 0 Å². The smallest absolute Gasteiger partial charge is 0.223 e. The minimum Gasteiger partial charge on any atom is -0.503 e. The van der Waals surface area contributed by atoms with Crippen molar-refractivity contribution in [1.29, 1.82) is 0 Å². The molecule has 1 saturated carbocycles. The van der Waals surface area contributed by atoms with Crippen LogP contribution < -0.4 is 5.43 Å². The fraction of sp³-hybridized carbons (Fsp3) is 0.737. The Hall–Kier alpha value is -1.29. The average Bonchev–Trinajstić information content (AvgIpc) is 2.55. The molecule has 2 fully saturated rings. The van der Waals surface area contributed by atoms with Crippen molar-refractivity contribution >= 4 is 0 Å². The van der Waals surface area contributed by atoms with E-state index in [1.807, 2.05) is 6.92 Å². The molecule has 2 heterocycles. The van der Waals surface area contributed by atoms with Gasteiger partial charge in [0, 0.05) is 24.3 Å². The molecule has 1 aliphatic carbocycles. The number of piperidine rings is 1. The third kappa shape index (κ3) is 3.47. The Morgan fingerprint density at radius 3 is 2.52 bits per heavy atom. The van der Waals surface area contributed by atoms with Crippen LogP contribution in [0.4, 0.5) is 0 Å². The molecule has 2 unspecified atom stereocenters. The Labute approximate surface area is 139 Å². The first-order valence-electron chi connectivity index (χ1n) is 9.24. The van der Waals surface area contributed by atoms with Crippen LogP contribution in [0.15, 0.2) is 10.9 Å². The molecule has 1 saturated heterocycles. The van der Waals surface area contributed by atoms with Gasteiger partial charge in [-0.1, -0.05) is 26.2 Å². The van der Waals surface area contributed by atoms with Gasteiger partial charge in [-0.15, -0.1) is 0 Å². The van der Waals surface area contributed by atoms with Gasteiger partial charge in [-0.25, -0.2) is 0 Å². The maximum Gasteiger partial charge on any atom is 0.223 e. The lowest BCUT2D eigenvalue weighted by Gasteiger charge is -2.36. The van der Waals surface area contributed by atoms with Crippen molar-refractivity contribution in [2.75, 3.05) is 13.1 Å². The van der Waals surface area contributed by atoms with Gasteiger partial charge in [0.25, 0.3) is 0 Å². The minimum atomic E-state index is -0.228. The molecular formula is C19H30N2O2. The quantitative estimate of drug-likeness (QED) is 0.926. The number of aromatic hydroxyl groups is 1. The third-order valence-electron chi connectivity index (χ3n) is 5.74. The molecule has 4 heteroatoms. The van der Waals surface area contributed by atoms with E-state index in [9.17, 15) is 9.90 Å². The van der Waals surface area contributed by atoms with Crippen LogP contribution in [0, 0.1) is 12.8 Å². The van der Waals surface area contributed by atoms with Crippen LogP contribution in [0.5, 0.6) is 5.75 Å². The minimum absolute atomic E-state index is 0.0288. The Bertz CT molecular complexity index is 602. The van der Waals surface area contributed by atoms with Crippen LogP contribution in [0.2, 0.25) is 0 Å². The molecule has 0 amide bonds. The number of rotatable bonds is 3. The van der Waals surface area contributed by atoms with E-state index in [0.717, 1.165) is 30.9 Å². The van der Waals surface area contributed by atoms with Crippen LogP contribution in [0.25, 0.3) is 0 Å². The normalized spacial score (nSPS) is 26.3. The van der Waals surface area contributed by atoms with Gasteiger partial charge in [0.2, 0.25) is 5.43 Å². The summed E-state index contributed by atoms with van der Waals surface area (Å²) in [5, 5.41) is 10.5. The van der Waals surface area contributed by atoms with Crippen molar-refractivity contribution in [1.82, 2.24) is 9.47 Å². The van der Waals surface area contributed by atoms with E-state index < -0.39 is 0 Å². The highest BCUT2D eigenvalue weighted by molar-refractivity contribution is 5.30. The van der Waals surface area contributed by atoms with E-state index in [-0.39, 0.29) is 11.2 Å². The van der Waals surface area contributed by atoms with E-state index in [0.29, 0.717) is 18.5 Å². The summed E-state index contributed by atoms with van der Waals surface area (Å²) >= 11 is 0. The maximum absolute atomic E-state index is 12.1. The molecule has 0 aromatic carbocycles. The standard InChI is InChI=1S/C19H30N2O2/c1-14-8-4-5-9-16(14)21-15(2)12-18(22)19(23)17(21)13-20-10-6-3-7-11-20/h12,14,16,23H,3-11,13H2,1-2H3. The second-order valence-electron chi connectivity index (χ2n) is 7.48. The molecule has 4 nitrogen and oxygen atoms in total. The summed E-state index contributed by atoms with van der Waals surface area (Å²) in [6.07, 6.45) is 8.66. The molecule has 2 atom stereocenters. The lowest BCUT2D eigenvalue weighted by Crippen LogP contribution is -2.34. The molecule has 128 valence electrons. The lowest BCUT2D eigenvalue weighted by atomic mass is 9.85. The monoisotopic (exact) mass is 318 g/mol. The van der Waals surface area contributed by atoms with Crippen molar-refractivity contribution in [3.05, 3.63) is 27.7 Å². The van der Waals surface area contributed by atoms with Crippen molar-refractivity contribution in [2.45, 2.75) is 71.4 Å². The van der Waals surface area contributed by atoms with Crippen LogP contribution in [0.1, 0.15) is 69.3 Å². The molecule has 23 heavy (non-hydrogen) atoms. The number of nitrogens with zero attached hydrogens (tertiary/aromatic N) is 2. The Balaban J connectivity index is 1.99. The van der Waals surface area contributed by atoms with Crippen LogP contribution in [-0.4, -0.2) is 27.7 Å². The summed E-state index contributed by atoms with van der Waals surface area (Å²) in [7, 11) is 0. The van der Waals surface area contributed by atoms with E-state index in [4.69, 9.17) is 0 Å². The van der Waals surface area contributed by atoms with Crippen molar-refractivity contribution in [2.24, 2.45) is 5.92 Å². The summed E-state index contributed by atoms with van der Waals surface area (Å²) in [6.45, 7) is 7.17. The average molecular weight is 318 g/mol. The molecule has 0 radical (unpaired) electrons. The largest absolute Gasteiger partial charge is 0.503 e. The first-order chi connectivity index (χ1) is 11.1. The number of pyridine rings is 1. The number of hydrogen-bond donors (Lipinski definition) is 1. The molecule has 1 aliphatic heterocycles. The van der Waals surface area contributed by atoms with Gasteiger partial charge in [-0.05, 0) is 51.6 Å². The first kappa shape index (κ1) is 16.6. The fourth-order valence-corrected chi connectivity index (χ4v) is 4.42. The number of likely N-dealkylation sites (tertiary alicyclic amines) is 1. The van der Waals surface area contributed by atoms with E-state index in [1.165, 1.54) is 38.5 Å². The summed E-state index contributed by atoms with van der Waals surface area (Å²) in [5.74, 6) is 0.573. The SMILES string of the molecule is Cc1cc(=O)c(O)c(CN2CCCCC2)n1C1CCCCC1C. The third-order valence-corrected chi connectivity index (χ3v) is 5.74. The highest BCUT2D eigenvalue weighted by atomic mass is 16.3. The second kappa shape index (κ2) is 7.08. The van der Waals surface area contributed by atoms with Gasteiger partial charge >= 0.3 is 0 Å². The molecule has 1 aromatic rings.